The van der Waals surface area contributed by atoms with Crippen LogP contribution in [0.25, 0.3) is 0 Å². The number of halogens is 1. The Morgan fingerprint density at radius 1 is 0.613 bits per heavy atom. The van der Waals surface area contributed by atoms with Crippen molar-refractivity contribution in [3.63, 3.8) is 0 Å². The number of methoxy groups -OCH3 is 2. The van der Waals surface area contributed by atoms with Crippen molar-refractivity contribution in [2.24, 2.45) is 0 Å². The average molecular weight is 493 g/mol. The average Bonchev–Trinajstić information content (AvgIpc) is 2.82. The van der Waals surface area contributed by atoms with E-state index in [1.54, 1.807) is 14.2 Å². The van der Waals surface area contributed by atoms with E-state index < -0.39 is 7.92 Å². The fourth-order valence-corrected chi connectivity index (χ4v) is 6.14. The Labute approximate surface area is 196 Å². The van der Waals surface area contributed by atoms with E-state index in [1.165, 1.54) is 27.0 Å². The molecule has 0 aromatic heterocycles. The number of benzene rings is 4. The van der Waals surface area contributed by atoms with E-state index >= 15 is 0 Å². The molecular formula is C27H26BrO2P. The molecule has 0 amide bonds. The standard InChI is InChI=1S/C27H25O2P.BrH/c1-28-25-18-17-21(20-26(25)29-2)19-22-11-9-10-16-27(22)30(23-12-5-3-6-13-23)24-14-7-4-8-15-24;/h3-18,20H,19H2,1-2H3;1H. The Balaban J connectivity index is 0.00000272. The van der Waals surface area contributed by atoms with Gasteiger partial charge in [0, 0.05) is 0 Å². The van der Waals surface area contributed by atoms with Crippen LogP contribution in [-0.4, -0.2) is 14.2 Å². The van der Waals surface area contributed by atoms with Gasteiger partial charge in [-0.2, -0.15) is 0 Å². The fraction of sp³-hybridized carbons (Fsp3) is 0.111. The topological polar surface area (TPSA) is 18.5 Å². The molecule has 0 atom stereocenters. The molecular weight excluding hydrogens is 467 g/mol. The van der Waals surface area contributed by atoms with Crippen LogP contribution >= 0.6 is 24.9 Å². The van der Waals surface area contributed by atoms with Gasteiger partial charge in [-0.3, -0.25) is 0 Å². The van der Waals surface area contributed by atoms with E-state index in [0.29, 0.717) is 0 Å². The first-order valence-corrected chi connectivity index (χ1v) is 11.3. The zero-order chi connectivity index (χ0) is 20.8. The van der Waals surface area contributed by atoms with Crippen LogP contribution in [0.1, 0.15) is 11.1 Å². The molecule has 4 aromatic rings. The van der Waals surface area contributed by atoms with Gasteiger partial charge >= 0.3 is 0 Å². The number of ether oxygens (including phenoxy) is 2. The third-order valence-electron chi connectivity index (χ3n) is 5.10. The van der Waals surface area contributed by atoms with Crippen LogP contribution in [0.15, 0.2) is 103 Å². The number of hydrogen-bond donors (Lipinski definition) is 0. The zero-order valence-corrected chi connectivity index (χ0v) is 20.3. The third kappa shape index (κ3) is 5.36. The van der Waals surface area contributed by atoms with Crippen molar-refractivity contribution in [1.29, 1.82) is 0 Å². The van der Waals surface area contributed by atoms with Gasteiger partial charge in [-0.25, -0.2) is 0 Å². The summed E-state index contributed by atoms with van der Waals surface area (Å²) in [7, 11) is 2.71. The monoisotopic (exact) mass is 492 g/mol. The molecule has 0 fully saturated rings. The lowest BCUT2D eigenvalue weighted by Crippen LogP contribution is -2.23. The lowest BCUT2D eigenvalue weighted by atomic mass is 10.0. The summed E-state index contributed by atoms with van der Waals surface area (Å²) in [5.74, 6) is 1.52. The first-order valence-electron chi connectivity index (χ1n) is 9.99. The molecule has 0 spiro atoms. The Bertz CT molecular complexity index is 1060. The summed E-state index contributed by atoms with van der Waals surface area (Å²) in [5, 5.41) is 4.11. The van der Waals surface area contributed by atoms with E-state index in [1.807, 2.05) is 6.07 Å². The second-order valence-electron chi connectivity index (χ2n) is 7.00. The van der Waals surface area contributed by atoms with Crippen molar-refractivity contribution in [2.75, 3.05) is 14.2 Å². The summed E-state index contributed by atoms with van der Waals surface area (Å²) in [5.41, 5.74) is 2.54. The highest BCUT2D eigenvalue weighted by Crippen LogP contribution is 2.35. The summed E-state index contributed by atoms with van der Waals surface area (Å²) in [6.45, 7) is 0. The van der Waals surface area contributed by atoms with Crippen molar-refractivity contribution in [1.82, 2.24) is 0 Å². The van der Waals surface area contributed by atoms with Gasteiger partial charge in [0.2, 0.25) is 0 Å². The van der Waals surface area contributed by atoms with E-state index in [-0.39, 0.29) is 17.0 Å². The van der Waals surface area contributed by atoms with Crippen LogP contribution in [-0.2, 0) is 6.42 Å². The van der Waals surface area contributed by atoms with Gasteiger partial charge < -0.3 is 9.47 Å². The van der Waals surface area contributed by atoms with E-state index in [9.17, 15) is 0 Å². The molecule has 0 aliphatic rings. The molecule has 0 bridgehead atoms. The molecule has 4 heteroatoms. The van der Waals surface area contributed by atoms with Gasteiger partial charge in [-0.15, -0.1) is 17.0 Å². The summed E-state index contributed by atoms with van der Waals surface area (Å²) in [6.07, 6.45) is 0.842. The SMILES string of the molecule is Br.COc1ccc(Cc2ccccc2P(c2ccccc2)c2ccccc2)cc1OC. The molecule has 4 aromatic carbocycles. The molecule has 2 nitrogen and oxygen atoms in total. The maximum absolute atomic E-state index is 5.51. The first-order chi connectivity index (χ1) is 14.8. The molecule has 0 aliphatic heterocycles. The Kier molecular flexibility index (Phi) is 8.28. The zero-order valence-electron chi connectivity index (χ0n) is 17.7. The van der Waals surface area contributed by atoms with Crippen LogP contribution in [0.5, 0.6) is 11.5 Å². The molecule has 0 radical (unpaired) electrons. The Hall–Kier alpha value is -2.61. The minimum absolute atomic E-state index is 0. The molecule has 0 unspecified atom stereocenters. The quantitative estimate of drug-likeness (QED) is 0.311. The fourth-order valence-electron chi connectivity index (χ4n) is 3.67. The molecule has 4 rings (SSSR count). The maximum Gasteiger partial charge on any atom is 0.160 e. The molecule has 0 N–H and O–H groups in total. The predicted molar refractivity (Wildman–Crippen MR) is 138 cm³/mol. The molecule has 31 heavy (non-hydrogen) atoms. The van der Waals surface area contributed by atoms with Crippen molar-refractivity contribution >= 4 is 40.8 Å². The maximum atomic E-state index is 5.51. The minimum atomic E-state index is -0.640. The van der Waals surface area contributed by atoms with Gasteiger partial charge in [-0.05, 0) is 53.5 Å². The predicted octanol–water partition coefficient (Wildman–Crippen LogP) is 5.63. The van der Waals surface area contributed by atoms with Crippen LogP contribution in [0.2, 0.25) is 0 Å². The van der Waals surface area contributed by atoms with Gasteiger partial charge in [0.1, 0.15) is 0 Å². The lowest BCUT2D eigenvalue weighted by molar-refractivity contribution is 0.354. The van der Waals surface area contributed by atoms with E-state index in [4.69, 9.17) is 9.47 Å². The highest BCUT2D eigenvalue weighted by Gasteiger charge is 2.19. The summed E-state index contributed by atoms with van der Waals surface area (Å²) in [4.78, 5) is 0. The van der Waals surface area contributed by atoms with Crippen LogP contribution in [0, 0.1) is 0 Å². The van der Waals surface area contributed by atoms with Crippen LogP contribution in [0.4, 0.5) is 0 Å². The summed E-state index contributed by atoms with van der Waals surface area (Å²) < 4.78 is 10.9. The van der Waals surface area contributed by atoms with Gasteiger partial charge in [-0.1, -0.05) is 91.0 Å². The smallest absolute Gasteiger partial charge is 0.160 e. The number of hydrogen-bond acceptors (Lipinski definition) is 2. The molecule has 0 saturated carbocycles. The van der Waals surface area contributed by atoms with Crippen molar-refractivity contribution in [2.45, 2.75) is 6.42 Å². The largest absolute Gasteiger partial charge is 0.493 e. The van der Waals surface area contributed by atoms with Gasteiger partial charge in [0.25, 0.3) is 0 Å². The first kappa shape index (κ1) is 23.1. The highest BCUT2D eigenvalue weighted by atomic mass is 79.9. The normalized spacial score (nSPS) is 10.4. The second kappa shape index (κ2) is 11.1. The Morgan fingerprint density at radius 3 is 1.74 bits per heavy atom. The minimum Gasteiger partial charge on any atom is -0.493 e. The highest BCUT2D eigenvalue weighted by molar-refractivity contribution is 8.93. The summed E-state index contributed by atoms with van der Waals surface area (Å²) in [6, 6.07) is 36.6. The Morgan fingerprint density at radius 2 is 1.16 bits per heavy atom. The molecule has 158 valence electrons. The molecule has 0 saturated heterocycles. The third-order valence-corrected chi connectivity index (χ3v) is 7.65. The van der Waals surface area contributed by atoms with Gasteiger partial charge in [0.05, 0.1) is 14.2 Å². The molecule has 0 aliphatic carbocycles. The lowest BCUT2D eigenvalue weighted by Gasteiger charge is -2.22. The second-order valence-corrected chi connectivity index (χ2v) is 9.19. The van der Waals surface area contributed by atoms with Crippen molar-refractivity contribution in [3.05, 3.63) is 114 Å². The molecule has 0 heterocycles. The van der Waals surface area contributed by atoms with Gasteiger partial charge in [0.15, 0.2) is 11.5 Å². The van der Waals surface area contributed by atoms with Crippen molar-refractivity contribution < 1.29 is 9.47 Å². The van der Waals surface area contributed by atoms with E-state index in [2.05, 4.69) is 97.1 Å². The van der Waals surface area contributed by atoms with Crippen LogP contribution in [0.3, 0.4) is 0 Å². The van der Waals surface area contributed by atoms with Crippen LogP contribution < -0.4 is 25.4 Å². The van der Waals surface area contributed by atoms with Crippen molar-refractivity contribution in [3.8, 4) is 11.5 Å². The number of rotatable bonds is 7. The van der Waals surface area contributed by atoms with E-state index in [0.717, 1.165) is 17.9 Å². The summed E-state index contributed by atoms with van der Waals surface area (Å²) >= 11 is 0.